The molecule has 11 rings (SSSR count). The molecule has 0 aliphatic carbocycles. The minimum atomic E-state index is 1.21. The molecule has 0 amide bonds. The first-order valence-electron chi connectivity index (χ1n) is 18.7. The van der Waals surface area contributed by atoms with Crippen LogP contribution in [0.2, 0.25) is 0 Å². The van der Waals surface area contributed by atoms with Crippen LogP contribution in [0.15, 0.2) is 206 Å². The molecule has 0 saturated heterocycles. The molecule has 0 radical (unpaired) electrons. The fourth-order valence-electron chi connectivity index (χ4n) is 8.72. The molecule has 0 nitrogen and oxygen atoms in total. The fourth-order valence-corrected chi connectivity index (χ4v) is 8.72. The number of benzene rings is 11. The van der Waals surface area contributed by atoms with Gasteiger partial charge in [-0.1, -0.05) is 182 Å². The van der Waals surface area contributed by atoms with Gasteiger partial charge in [0.1, 0.15) is 0 Å². The van der Waals surface area contributed by atoms with E-state index < -0.39 is 0 Å². The number of hydrogen-bond donors (Lipinski definition) is 0. The lowest BCUT2D eigenvalue weighted by atomic mass is 9.84. The first-order valence-corrected chi connectivity index (χ1v) is 18.7. The zero-order valence-electron chi connectivity index (χ0n) is 29.6. The van der Waals surface area contributed by atoms with Crippen LogP contribution in [0, 0.1) is 0 Å². The van der Waals surface area contributed by atoms with Gasteiger partial charge in [-0.25, -0.2) is 0 Å². The van der Waals surface area contributed by atoms with Gasteiger partial charge in [-0.2, -0.15) is 0 Å². The van der Waals surface area contributed by atoms with Gasteiger partial charge < -0.3 is 0 Å². The number of hydrogen-bond acceptors (Lipinski definition) is 0. The highest BCUT2D eigenvalue weighted by Crippen LogP contribution is 2.46. The second-order valence-electron chi connectivity index (χ2n) is 14.5. The van der Waals surface area contributed by atoms with Crippen LogP contribution in [0.5, 0.6) is 0 Å². The molecule has 54 heavy (non-hydrogen) atoms. The molecule has 0 aliphatic rings. The minimum Gasteiger partial charge on any atom is -0.0616 e. The van der Waals surface area contributed by atoms with Gasteiger partial charge in [0.2, 0.25) is 0 Å². The Morgan fingerprint density at radius 1 is 0.167 bits per heavy atom. The average molecular weight is 683 g/mol. The summed E-state index contributed by atoms with van der Waals surface area (Å²) in [4.78, 5) is 0. The smallest absolute Gasteiger partial charge is 0.00261 e. The number of rotatable bonds is 4. The zero-order chi connectivity index (χ0) is 35.6. The van der Waals surface area contributed by atoms with Gasteiger partial charge >= 0.3 is 0 Å². The lowest BCUT2D eigenvalue weighted by Gasteiger charge is -2.19. The molecule has 250 valence electrons. The van der Waals surface area contributed by atoms with Crippen LogP contribution < -0.4 is 0 Å². The Balaban J connectivity index is 1.12. The Bertz CT molecular complexity index is 3260. The van der Waals surface area contributed by atoms with Crippen molar-refractivity contribution in [3.05, 3.63) is 206 Å². The van der Waals surface area contributed by atoms with E-state index >= 15 is 0 Å². The van der Waals surface area contributed by atoms with Gasteiger partial charge in [0, 0.05) is 0 Å². The van der Waals surface area contributed by atoms with Crippen molar-refractivity contribution >= 4 is 64.6 Å². The molecule has 0 fully saturated rings. The van der Waals surface area contributed by atoms with Crippen molar-refractivity contribution < 1.29 is 0 Å². The summed E-state index contributed by atoms with van der Waals surface area (Å²) in [5, 5.41) is 15.2. The topological polar surface area (TPSA) is 0 Å². The van der Waals surface area contributed by atoms with E-state index in [0.717, 1.165) is 0 Å². The Morgan fingerprint density at radius 3 is 1.24 bits per heavy atom. The molecule has 11 aromatic carbocycles. The van der Waals surface area contributed by atoms with Gasteiger partial charge in [0.05, 0.1) is 0 Å². The standard InChI is InChI=1S/C54H34/c1-3-12-40-31-43(24-19-35(40)9-1)44-28-30-51-52(34-44)53(49-15-7-8-16-50(49)54(51)46-26-20-36-10-2-4-13-41(36)33-46)39-22-17-37(18-23-39)42-27-29-48-45(32-42)25-21-38-11-5-6-14-47(38)48/h1-34H. The van der Waals surface area contributed by atoms with Crippen LogP contribution >= 0.6 is 0 Å². The molecule has 0 spiro atoms. The van der Waals surface area contributed by atoms with Crippen LogP contribution in [0.25, 0.3) is 109 Å². The molecule has 0 bridgehead atoms. The molecule has 0 atom stereocenters. The molecular formula is C54H34. The summed E-state index contributed by atoms with van der Waals surface area (Å²) in [6.45, 7) is 0. The lowest BCUT2D eigenvalue weighted by Crippen LogP contribution is -1.92. The van der Waals surface area contributed by atoms with Crippen molar-refractivity contribution in [3.63, 3.8) is 0 Å². The van der Waals surface area contributed by atoms with Crippen molar-refractivity contribution in [1.82, 2.24) is 0 Å². The molecule has 0 N–H and O–H groups in total. The Morgan fingerprint density at radius 2 is 0.537 bits per heavy atom. The Kier molecular flexibility index (Phi) is 6.97. The van der Waals surface area contributed by atoms with Crippen molar-refractivity contribution in [2.24, 2.45) is 0 Å². The van der Waals surface area contributed by atoms with Crippen LogP contribution in [0.3, 0.4) is 0 Å². The van der Waals surface area contributed by atoms with Crippen LogP contribution in [0.4, 0.5) is 0 Å². The van der Waals surface area contributed by atoms with E-state index in [1.54, 1.807) is 0 Å². The molecule has 11 aromatic rings. The van der Waals surface area contributed by atoms with E-state index in [0.29, 0.717) is 0 Å². The maximum absolute atomic E-state index is 2.42. The first kappa shape index (κ1) is 30.6. The van der Waals surface area contributed by atoms with Gasteiger partial charge in [-0.15, -0.1) is 0 Å². The molecule has 0 aromatic heterocycles. The van der Waals surface area contributed by atoms with E-state index in [2.05, 4.69) is 206 Å². The van der Waals surface area contributed by atoms with Gasteiger partial charge in [0.25, 0.3) is 0 Å². The summed E-state index contributed by atoms with van der Waals surface area (Å²) in [6, 6.07) is 76.3. The summed E-state index contributed by atoms with van der Waals surface area (Å²) in [5.74, 6) is 0. The summed E-state index contributed by atoms with van der Waals surface area (Å²) < 4.78 is 0. The van der Waals surface area contributed by atoms with Crippen molar-refractivity contribution in [2.45, 2.75) is 0 Å². The predicted molar refractivity (Wildman–Crippen MR) is 233 cm³/mol. The Labute approximate surface area is 314 Å². The van der Waals surface area contributed by atoms with E-state index in [9.17, 15) is 0 Å². The lowest BCUT2D eigenvalue weighted by molar-refractivity contribution is 1.63. The molecule has 0 saturated carbocycles. The molecule has 0 unspecified atom stereocenters. The summed E-state index contributed by atoms with van der Waals surface area (Å²) >= 11 is 0. The van der Waals surface area contributed by atoms with Gasteiger partial charge in [0.15, 0.2) is 0 Å². The molecule has 0 aliphatic heterocycles. The number of fused-ring (bicyclic) bond motifs is 7. The third kappa shape index (κ3) is 4.99. The first-order chi connectivity index (χ1) is 26.7. The summed E-state index contributed by atoms with van der Waals surface area (Å²) in [7, 11) is 0. The van der Waals surface area contributed by atoms with Crippen LogP contribution in [-0.2, 0) is 0 Å². The molecular weight excluding hydrogens is 649 g/mol. The minimum absolute atomic E-state index is 1.21. The van der Waals surface area contributed by atoms with Gasteiger partial charge in [-0.05, 0) is 133 Å². The highest BCUT2D eigenvalue weighted by Gasteiger charge is 2.18. The van der Waals surface area contributed by atoms with Crippen LogP contribution in [0.1, 0.15) is 0 Å². The normalized spacial score (nSPS) is 11.7. The SMILES string of the molecule is c1ccc2cc(-c3ccc4c(-c5ccc6ccccc6c5)c5ccccc5c(-c5ccc(-c6ccc7c(ccc8ccccc87)c6)cc5)c4c3)ccc2c1. The summed E-state index contributed by atoms with van der Waals surface area (Å²) in [5.41, 5.74) is 9.88. The molecule has 0 heteroatoms. The highest BCUT2D eigenvalue weighted by molar-refractivity contribution is 6.22. The van der Waals surface area contributed by atoms with Crippen molar-refractivity contribution in [3.8, 4) is 44.5 Å². The quantitative estimate of drug-likeness (QED) is 0.128. The maximum atomic E-state index is 2.42. The van der Waals surface area contributed by atoms with E-state index in [4.69, 9.17) is 0 Å². The largest absolute Gasteiger partial charge is 0.0616 e. The average Bonchev–Trinajstić information content (AvgIpc) is 3.25. The zero-order valence-corrected chi connectivity index (χ0v) is 29.6. The van der Waals surface area contributed by atoms with E-state index in [1.165, 1.54) is 109 Å². The van der Waals surface area contributed by atoms with E-state index in [-0.39, 0.29) is 0 Å². The third-order valence-corrected chi connectivity index (χ3v) is 11.4. The van der Waals surface area contributed by atoms with E-state index in [1.807, 2.05) is 0 Å². The predicted octanol–water partition coefficient (Wildman–Crippen LogP) is 15.3. The maximum Gasteiger partial charge on any atom is -0.00261 e. The van der Waals surface area contributed by atoms with Crippen molar-refractivity contribution in [1.29, 1.82) is 0 Å². The van der Waals surface area contributed by atoms with Crippen LogP contribution in [-0.4, -0.2) is 0 Å². The van der Waals surface area contributed by atoms with Crippen molar-refractivity contribution in [2.75, 3.05) is 0 Å². The molecule has 0 heterocycles. The summed E-state index contributed by atoms with van der Waals surface area (Å²) in [6.07, 6.45) is 0. The second kappa shape index (κ2) is 12.3. The monoisotopic (exact) mass is 682 g/mol. The second-order valence-corrected chi connectivity index (χ2v) is 14.5. The highest BCUT2D eigenvalue weighted by atomic mass is 14.2. The fraction of sp³-hybridized carbons (Fsp3) is 0. The third-order valence-electron chi connectivity index (χ3n) is 11.4. The Hall–Kier alpha value is -7.02. The van der Waals surface area contributed by atoms with Gasteiger partial charge in [-0.3, -0.25) is 0 Å².